The molecule has 1 heterocycles. The number of halogens is 1. The molecule has 1 atom stereocenters. The van der Waals surface area contributed by atoms with E-state index in [1.165, 1.54) is 0 Å². The molecule has 0 spiro atoms. The van der Waals surface area contributed by atoms with Crippen molar-refractivity contribution in [2.24, 2.45) is 5.92 Å². The van der Waals surface area contributed by atoms with Gasteiger partial charge in [-0.25, -0.2) is 0 Å². The molecule has 1 fully saturated rings. The van der Waals surface area contributed by atoms with E-state index in [1.807, 2.05) is 60.7 Å². The van der Waals surface area contributed by atoms with Crippen LogP contribution in [0.25, 0.3) is 0 Å². The third-order valence-electron chi connectivity index (χ3n) is 6.18. The molecule has 3 aromatic carbocycles. The zero-order valence-electron chi connectivity index (χ0n) is 18.6. The van der Waals surface area contributed by atoms with E-state index < -0.39 is 5.97 Å². The lowest BCUT2D eigenvalue weighted by Gasteiger charge is -2.37. The van der Waals surface area contributed by atoms with Crippen LogP contribution in [0.2, 0.25) is 0 Å². The van der Waals surface area contributed by atoms with Crippen LogP contribution in [-0.2, 0) is 11.4 Å². The number of hydrogen-bond acceptors (Lipinski definition) is 4. The number of methoxy groups -OCH3 is 1. The quantitative estimate of drug-likeness (QED) is 0.408. The average Bonchev–Trinajstić information content (AvgIpc) is 2.85. The molecule has 0 aliphatic carbocycles. The normalized spacial score (nSPS) is 15.7. The Balaban J connectivity index is 1.62. The number of carbonyl (C=O) groups is 1. The van der Waals surface area contributed by atoms with Crippen LogP contribution >= 0.6 is 15.9 Å². The molecule has 5 nitrogen and oxygen atoms in total. The third kappa shape index (κ3) is 5.57. The topological polar surface area (TPSA) is 59.0 Å². The summed E-state index contributed by atoms with van der Waals surface area (Å²) in [6.45, 7) is 1.90. The van der Waals surface area contributed by atoms with Gasteiger partial charge in [-0.05, 0) is 60.8 Å². The van der Waals surface area contributed by atoms with Gasteiger partial charge in [0.25, 0.3) is 0 Å². The highest BCUT2D eigenvalue weighted by molar-refractivity contribution is 9.10. The molecule has 0 aromatic heterocycles. The minimum absolute atomic E-state index is 0.0209. The van der Waals surface area contributed by atoms with Crippen molar-refractivity contribution in [3.8, 4) is 11.5 Å². The molecular formula is C27H28BrNO4. The number of hydrogen-bond donors (Lipinski definition) is 1. The molecule has 3 aromatic rings. The van der Waals surface area contributed by atoms with Crippen molar-refractivity contribution in [3.63, 3.8) is 0 Å². The molecule has 1 saturated heterocycles. The van der Waals surface area contributed by atoms with Gasteiger partial charge in [0.2, 0.25) is 0 Å². The number of carboxylic acid groups (broad SMARTS) is 1. The molecule has 0 saturated carbocycles. The Labute approximate surface area is 203 Å². The van der Waals surface area contributed by atoms with Crippen molar-refractivity contribution in [2.75, 3.05) is 20.2 Å². The Morgan fingerprint density at radius 1 is 1.03 bits per heavy atom. The highest BCUT2D eigenvalue weighted by Crippen LogP contribution is 2.39. The second-order valence-electron chi connectivity index (χ2n) is 8.26. The first-order valence-corrected chi connectivity index (χ1v) is 11.9. The van der Waals surface area contributed by atoms with Crippen LogP contribution in [0.1, 0.15) is 35.6 Å². The minimum Gasteiger partial charge on any atom is -0.493 e. The Morgan fingerprint density at radius 2 is 1.73 bits per heavy atom. The van der Waals surface area contributed by atoms with E-state index in [1.54, 1.807) is 7.11 Å². The maximum atomic E-state index is 11.5. The molecule has 6 heteroatoms. The number of rotatable bonds is 8. The van der Waals surface area contributed by atoms with E-state index in [-0.39, 0.29) is 12.0 Å². The summed E-state index contributed by atoms with van der Waals surface area (Å²) in [4.78, 5) is 13.8. The van der Waals surface area contributed by atoms with Crippen LogP contribution in [0.4, 0.5) is 0 Å². The summed E-state index contributed by atoms with van der Waals surface area (Å²) in [7, 11) is 1.65. The predicted octanol–water partition coefficient (Wildman–Crippen LogP) is 5.92. The Morgan fingerprint density at radius 3 is 2.39 bits per heavy atom. The van der Waals surface area contributed by atoms with E-state index in [0.717, 1.165) is 34.3 Å². The molecular weight excluding hydrogens is 482 g/mol. The van der Waals surface area contributed by atoms with Gasteiger partial charge >= 0.3 is 5.97 Å². The number of piperidine rings is 1. The van der Waals surface area contributed by atoms with Crippen LogP contribution in [0.3, 0.4) is 0 Å². The minimum atomic E-state index is -0.700. The summed E-state index contributed by atoms with van der Waals surface area (Å²) in [6, 6.07) is 24.3. The van der Waals surface area contributed by atoms with Crippen molar-refractivity contribution in [1.82, 2.24) is 4.90 Å². The van der Waals surface area contributed by atoms with E-state index >= 15 is 0 Å². The number of aliphatic carboxylic acids is 1. The molecule has 0 amide bonds. The number of carboxylic acids is 1. The van der Waals surface area contributed by atoms with Gasteiger partial charge in [-0.1, -0.05) is 70.5 Å². The SMILES string of the molecule is COc1cc(C(c2ccccc2Br)N2CCC(C(=O)O)CC2)ccc1OCc1ccccc1. The highest BCUT2D eigenvalue weighted by atomic mass is 79.9. The maximum Gasteiger partial charge on any atom is 0.306 e. The lowest BCUT2D eigenvalue weighted by atomic mass is 9.91. The second kappa shape index (κ2) is 10.9. The van der Waals surface area contributed by atoms with Crippen LogP contribution < -0.4 is 9.47 Å². The Hall–Kier alpha value is -2.83. The number of benzene rings is 3. The molecule has 1 aliphatic heterocycles. The molecule has 4 rings (SSSR count). The zero-order chi connectivity index (χ0) is 23.2. The van der Waals surface area contributed by atoms with Gasteiger partial charge in [-0.2, -0.15) is 0 Å². The Kier molecular flexibility index (Phi) is 7.68. The van der Waals surface area contributed by atoms with Crippen molar-refractivity contribution < 1.29 is 19.4 Å². The van der Waals surface area contributed by atoms with Crippen LogP contribution in [0.5, 0.6) is 11.5 Å². The fourth-order valence-electron chi connectivity index (χ4n) is 4.40. The first-order chi connectivity index (χ1) is 16.1. The van der Waals surface area contributed by atoms with E-state index in [4.69, 9.17) is 9.47 Å². The smallest absolute Gasteiger partial charge is 0.306 e. The molecule has 0 bridgehead atoms. The van der Waals surface area contributed by atoms with Gasteiger partial charge in [-0.15, -0.1) is 0 Å². The van der Waals surface area contributed by atoms with Crippen LogP contribution in [0, 0.1) is 5.92 Å². The highest BCUT2D eigenvalue weighted by Gasteiger charge is 2.31. The largest absolute Gasteiger partial charge is 0.493 e. The molecule has 172 valence electrons. The van der Waals surface area contributed by atoms with E-state index in [9.17, 15) is 9.90 Å². The summed E-state index contributed by atoms with van der Waals surface area (Å²) in [5.41, 5.74) is 3.32. The van der Waals surface area contributed by atoms with E-state index in [2.05, 4.69) is 33.0 Å². The fourth-order valence-corrected chi connectivity index (χ4v) is 4.90. The molecule has 1 N–H and O–H groups in total. The third-order valence-corrected chi connectivity index (χ3v) is 6.91. The van der Waals surface area contributed by atoms with Crippen molar-refractivity contribution in [2.45, 2.75) is 25.5 Å². The van der Waals surface area contributed by atoms with Gasteiger partial charge in [-0.3, -0.25) is 9.69 Å². The van der Waals surface area contributed by atoms with Gasteiger partial charge in [0, 0.05) is 4.47 Å². The molecule has 1 aliphatic rings. The maximum absolute atomic E-state index is 11.5. The Bertz CT molecular complexity index is 1080. The van der Waals surface area contributed by atoms with Crippen molar-refractivity contribution >= 4 is 21.9 Å². The van der Waals surface area contributed by atoms with Crippen LogP contribution in [-0.4, -0.2) is 36.2 Å². The van der Waals surface area contributed by atoms with Crippen molar-refractivity contribution in [3.05, 3.63) is 94.0 Å². The summed E-state index contributed by atoms with van der Waals surface area (Å²) in [6.07, 6.45) is 1.29. The van der Waals surface area contributed by atoms with Crippen LogP contribution in [0.15, 0.2) is 77.3 Å². The number of nitrogens with zero attached hydrogens (tertiary/aromatic N) is 1. The first-order valence-electron chi connectivity index (χ1n) is 11.1. The van der Waals surface area contributed by atoms with Gasteiger partial charge in [0.1, 0.15) is 6.61 Å². The summed E-state index contributed by atoms with van der Waals surface area (Å²) in [5, 5.41) is 9.42. The lowest BCUT2D eigenvalue weighted by Crippen LogP contribution is -2.39. The fraction of sp³-hybridized carbons (Fsp3) is 0.296. The average molecular weight is 510 g/mol. The lowest BCUT2D eigenvalue weighted by molar-refractivity contribution is -0.143. The van der Waals surface area contributed by atoms with Gasteiger partial charge < -0.3 is 14.6 Å². The predicted molar refractivity (Wildman–Crippen MR) is 132 cm³/mol. The summed E-state index contributed by atoms with van der Waals surface area (Å²) in [5.74, 6) is 0.402. The number of likely N-dealkylation sites (tertiary alicyclic amines) is 1. The number of ether oxygens (including phenoxy) is 2. The summed E-state index contributed by atoms with van der Waals surface area (Å²) < 4.78 is 12.8. The van der Waals surface area contributed by atoms with Gasteiger partial charge in [0.05, 0.1) is 19.1 Å². The zero-order valence-corrected chi connectivity index (χ0v) is 20.2. The second-order valence-corrected chi connectivity index (χ2v) is 9.11. The van der Waals surface area contributed by atoms with Crippen molar-refractivity contribution in [1.29, 1.82) is 0 Å². The van der Waals surface area contributed by atoms with E-state index in [0.29, 0.717) is 30.9 Å². The summed E-state index contributed by atoms with van der Waals surface area (Å²) >= 11 is 3.72. The molecule has 33 heavy (non-hydrogen) atoms. The monoisotopic (exact) mass is 509 g/mol. The van der Waals surface area contributed by atoms with Gasteiger partial charge in [0.15, 0.2) is 11.5 Å². The molecule has 0 radical (unpaired) electrons. The standard InChI is InChI=1S/C27H28BrNO4/c1-32-25-17-21(11-12-24(25)33-18-19-7-3-2-4-8-19)26(22-9-5-6-10-23(22)28)29-15-13-20(14-16-29)27(30)31/h2-12,17,20,26H,13-16,18H2,1H3,(H,30,31). The first kappa shape index (κ1) is 23.3. The molecule has 1 unspecified atom stereocenters.